The molecule has 1 atom stereocenters. The molecular weight excluding hydrogens is 362 g/mol. The normalized spacial score (nSPS) is 11.8. The molecule has 0 bridgehead atoms. The standard InChI is InChI=1S/C21H25NO6/c1-6-27-21(25)17-12(2)18(22-13(17)3)19(23)14(4)28-20(24)16-9-7-8-15(10-16)11-26-5/h7-10,14,22H,6,11H2,1-5H3/t14-/m1/s1. The van der Waals surface area contributed by atoms with E-state index in [1.807, 2.05) is 6.07 Å². The third-order valence-electron chi connectivity index (χ3n) is 4.29. The Balaban J connectivity index is 2.17. The maximum atomic E-state index is 12.8. The molecule has 0 unspecified atom stereocenters. The van der Waals surface area contributed by atoms with Gasteiger partial charge in [0.05, 0.1) is 30.0 Å². The lowest BCUT2D eigenvalue weighted by atomic mass is 10.1. The van der Waals surface area contributed by atoms with E-state index in [0.717, 1.165) is 5.56 Å². The Morgan fingerprint density at radius 2 is 1.86 bits per heavy atom. The first-order valence-corrected chi connectivity index (χ1v) is 8.99. The summed E-state index contributed by atoms with van der Waals surface area (Å²) in [6, 6.07) is 6.83. The molecule has 0 aliphatic rings. The van der Waals surface area contributed by atoms with E-state index in [2.05, 4.69) is 4.98 Å². The summed E-state index contributed by atoms with van der Waals surface area (Å²) < 4.78 is 15.4. The van der Waals surface area contributed by atoms with Crippen LogP contribution in [0.4, 0.5) is 0 Å². The minimum Gasteiger partial charge on any atom is -0.462 e. The van der Waals surface area contributed by atoms with Crippen molar-refractivity contribution < 1.29 is 28.6 Å². The lowest BCUT2D eigenvalue weighted by Crippen LogP contribution is -2.25. The molecule has 1 aromatic carbocycles. The van der Waals surface area contributed by atoms with Crippen LogP contribution in [0.15, 0.2) is 24.3 Å². The summed E-state index contributed by atoms with van der Waals surface area (Å²) in [6.45, 7) is 7.17. The van der Waals surface area contributed by atoms with Crippen molar-refractivity contribution in [1.82, 2.24) is 4.98 Å². The van der Waals surface area contributed by atoms with Crippen molar-refractivity contribution in [3.8, 4) is 0 Å². The molecule has 0 aliphatic heterocycles. The number of hydrogen-bond donors (Lipinski definition) is 1. The number of aromatic amines is 1. The van der Waals surface area contributed by atoms with E-state index in [0.29, 0.717) is 29.0 Å². The Bertz CT molecular complexity index is 883. The number of rotatable bonds is 8. The monoisotopic (exact) mass is 387 g/mol. The minimum atomic E-state index is -1.02. The second kappa shape index (κ2) is 9.32. The van der Waals surface area contributed by atoms with Gasteiger partial charge in [-0.1, -0.05) is 12.1 Å². The average Bonchev–Trinajstić information content (AvgIpc) is 2.96. The van der Waals surface area contributed by atoms with Crippen molar-refractivity contribution in [2.45, 2.75) is 40.4 Å². The second-order valence-corrected chi connectivity index (χ2v) is 6.39. The third kappa shape index (κ3) is 4.67. The van der Waals surface area contributed by atoms with Crippen molar-refractivity contribution in [2.24, 2.45) is 0 Å². The van der Waals surface area contributed by atoms with Gasteiger partial charge in [-0.2, -0.15) is 0 Å². The quantitative estimate of drug-likeness (QED) is 0.551. The van der Waals surface area contributed by atoms with Crippen LogP contribution in [0.25, 0.3) is 0 Å². The molecule has 0 saturated carbocycles. The summed E-state index contributed by atoms with van der Waals surface area (Å²) in [5.74, 6) is -1.52. The molecule has 0 radical (unpaired) electrons. The SMILES string of the molecule is CCOC(=O)c1c(C)[nH]c(C(=O)[C@@H](C)OC(=O)c2cccc(COC)c2)c1C. The van der Waals surface area contributed by atoms with E-state index in [1.54, 1.807) is 46.1 Å². The molecule has 28 heavy (non-hydrogen) atoms. The molecule has 0 spiro atoms. The number of hydrogen-bond acceptors (Lipinski definition) is 6. The molecular formula is C21H25NO6. The summed E-state index contributed by atoms with van der Waals surface area (Å²) in [7, 11) is 1.57. The molecule has 0 saturated heterocycles. The molecule has 1 N–H and O–H groups in total. The van der Waals surface area contributed by atoms with Gasteiger partial charge in [-0.05, 0) is 51.0 Å². The molecule has 7 heteroatoms. The Kier molecular flexibility index (Phi) is 7.12. The highest BCUT2D eigenvalue weighted by atomic mass is 16.5. The summed E-state index contributed by atoms with van der Waals surface area (Å²) in [5.41, 5.74) is 2.73. The van der Waals surface area contributed by atoms with Crippen molar-refractivity contribution in [2.75, 3.05) is 13.7 Å². The summed E-state index contributed by atoms with van der Waals surface area (Å²) in [5, 5.41) is 0. The number of ketones is 1. The number of benzene rings is 1. The van der Waals surface area contributed by atoms with Crippen LogP contribution < -0.4 is 0 Å². The van der Waals surface area contributed by atoms with Gasteiger partial charge < -0.3 is 19.2 Å². The predicted octanol–water partition coefficient (Wildman–Crippen LogP) is 3.38. The minimum absolute atomic E-state index is 0.231. The van der Waals surface area contributed by atoms with Crippen LogP contribution in [0.5, 0.6) is 0 Å². The molecule has 0 amide bonds. The van der Waals surface area contributed by atoms with E-state index < -0.39 is 23.8 Å². The molecule has 1 aromatic heterocycles. The lowest BCUT2D eigenvalue weighted by Gasteiger charge is -2.13. The first kappa shape index (κ1) is 21.4. The van der Waals surface area contributed by atoms with Gasteiger partial charge in [-0.3, -0.25) is 4.79 Å². The van der Waals surface area contributed by atoms with Crippen LogP contribution >= 0.6 is 0 Å². The van der Waals surface area contributed by atoms with E-state index in [4.69, 9.17) is 14.2 Å². The Morgan fingerprint density at radius 1 is 1.14 bits per heavy atom. The number of aryl methyl sites for hydroxylation is 1. The van der Waals surface area contributed by atoms with Gasteiger partial charge in [0, 0.05) is 12.8 Å². The molecule has 0 fully saturated rings. The van der Waals surface area contributed by atoms with Crippen molar-refractivity contribution in [3.63, 3.8) is 0 Å². The number of ether oxygens (including phenoxy) is 3. The number of H-pyrrole nitrogens is 1. The maximum absolute atomic E-state index is 12.8. The van der Waals surface area contributed by atoms with Crippen molar-refractivity contribution in [1.29, 1.82) is 0 Å². The Morgan fingerprint density at radius 3 is 2.50 bits per heavy atom. The zero-order valence-corrected chi connectivity index (χ0v) is 16.8. The van der Waals surface area contributed by atoms with Crippen LogP contribution in [-0.4, -0.2) is 42.5 Å². The van der Waals surface area contributed by atoms with Gasteiger partial charge in [0.15, 0.2) is 6.10 Å². The molecule has 1 heterocycles. The fraction of sp³-hybridized carbons (Fsp3) is 0.381. The molecule has 2 aromatic rings. The van der Waals surface area contributed by atoms with Gasteiger partial charge in [-0.25, -0.2) is 9.59 Å². The highest BCUT2D eigenvalue weighted by Gasteiger charge is 2.27. The number of nitrogens with one attached hydrogen (secondary N) is 1. The van der Waals surface area contributed by atoms with Gasteiger partial charge in [0.1, 0.15) is 0 Å². The highest BCUT2D eigenvalue weighted by molar-refractivity contribution is 6.04. The predicted molar refractivity (Wildman–Crippen MR) is 103 cm³/mol. The zero-order chi connectivity index (χ0) is 20.8. The summed E-state index contributed by atoms with van der Waals surface area (Å²) >= 11 is 0. The Labute approximate surface area is 164 Å². The first-order valence-electron chi connectivity index (χ1n) is 8.99. The maximum Gasteiger partial charge on any atom is 0.340 e. The third-order valence-corrected chi connectivity index (χ3v) is 4.29. The van der Waals surface area contributed by atoms with Gasteiger partial charge in [0.2, 0.25) is 5.78 Å². The van der Waals surface area contributed by atoms with Crippen molar-refractivity contribution in [3.05, 3.63) is 57.9 Å². The smallest absolute Gasteiger partial charge is 0.340 e. The number of methoxy groups -OCH3 is 1. The largest absolute Gasteiger partial charge is 0.462 e. The summed E-state index contributed by atoms with van der Waals surface area (Å²) in [6.07, 6.45) is -1.02. The van der Waals surface area contributed by atoms with E-state index >= 15 is 0 Å². The van der Waals surface area contributed by atoms with Gasteiger partial charge in [-0.15, -0.1) is 0 Å². The van der Waals surface area contributed by atoms with Gasteiger partial charge in [0.25, 0.3) is 0 Å². The van der Waals surface area contributed by atoms with Crippen LogP contribution in [0.1, 0.15) is 61.9 Å². The number of carbonyl (C=O) groups is 3. The molecule has 7 nitrogen and oxygen atoms in total. The van der Waals surface area contributed by atoms with Crippen molar-refractivity contribution >= 4 is 17.7 Å². The van der Waals surface area contributed by atoms with Crippen LogP contribution in [-0.2, 0) is 20.8 Å². The summed E-state index contributed by atoms with van der Waals surface area (Å²) in [4.78, 5) is 40.2. The molecule has 150 valence electrons. The van der Waals surface area contributed by atoms with Crippen LogP contribution in [0.2, 0.25) is 0 Å². The Hall–Kier alpha value is -2.93. The van der Waals surface area contributed by atoms with Crippen LogP contribution in [0.3, 0.4) is 0 Å². The average molecular weight is 387 g/mol. The van der Waals surface area contributed by atoms with E-state index in [1.165, 1.54) is 6.92 Å². The lowest BCUT2D eigenvalue weighted by molar-refractivity contribution is 0.0316. The van der Waals surface area contributed by atoms with Crippen LogP contribution in [0, 0.1) is 13.8 Å². The fourth-order valence-electron chi connectivity index (χ4n) is 2.95. The molecule has 0 aliphatic carbocycles. The van der Waals surface area contributed by atoms with Gasteiger partial charge >= 0.3 is 11.9 Å². The zero-order valence-electron chi connectivity index (χ0n) is 16.8. The number of Topliss-reactive ketones (excluding diaryl/α,β-unsaturated/α-hetero) is 1. The molecule has 2 rings (SSSR count). The number of esters is 2. The van der Waals surface area contributed by atoms with E-state index in [-0.39, 0.29) is 12.3 Å². The second-order valence-electron chi connectivity index (χ2n) is 6.39. The fourth-order valence-corrected chi connectivity index (χ4v) is 2.95. The topological polar surface area (TPSA) is 94.7 Å². The number of aromatic nitrogens is 1. The van der Waals surface area contributed by atoms with E-state index in [9.17, 15) is 14.4 Å². The first-order chi connectivity index (χ1) is 13.3. The number of carbonyl (C=O) groups excluding carboxylic acids is 3. The highest BCUT2D eigenvalue weighted by Crippen LogP contribution is 2.21.